The van der Waals surface area contributed by atoms with Crippen LogP contribution in [0.5, 0.6) is 0 Å². The van der Waals surface area contributed by atoms with Gasteiger partial charge in [-0.25, -0.2) is 4.98 Å². The van der Waals surface area contributed by atoms with Gasteiger partial charge in [0, 0.05) is 10.5 Å². The Morgan fingerprint density at radius 2 is 2.19 bits per heavy atom. The van der Waals surface area contributed by atoms with Crippen LogP contribution in [0, 0.1) is 6.92 Å². The van der Waals surface area contributed by atoms with Gasteiger partial charge in [-0.2, -0.15) is 0 Å². The van der Waals surface area contributed by atoms with Crippen LogP contribution in [0.15, 0.2) is 35.2 Å². The maximum atomic E-state index is 5.91. The minimum Gasteiger partial charge on any atom is -0.323 e. The van der Waals surface area contributed by atoms with Gasteiger partial charge < -0.3 is 10.3 Å². The number of hydrogen-bond acceptors (Lipinski definition) is 2. The summed E-state index contributed by atoms with van der Waals surface area (Å²) in [7, 11) is 0. The summed E-state index contributed by atoms with van der Waals surface area (Å²) in [6.07, 6.45) is 3.61. The molecule has 3 nitrogen and oxygen atoms in total. The topological polar surface area (TPSA) is 43.8 Å². The minimum absolute atomic E-state index is 0.0270. The Hall–Kier alpha value is -1.13. The maximum Gasteiger partial charge on any atom is 0.0994 e. The van der Waals surface area contributed by atoms with E-state index in [-0.39, 0.29) is 6.04 Å². The Morgan fingerprint density at radius 1 is 1.44 bits per heavy atom. The number of aromatic nitrogens is 2. The summed E-state index contributed by atoms with van der Waals surface area (Å²) in [4.78, 5) is 4.16. The third-order valence-electron chi connectivity index (χ3n) is 2.56. The molecule has 2 rings (SSSR count). The summed E-state index contributed by atoms with van der Waals surface area (Å²) >= 11 is 3.48. The van der Waals surface area contributed by atoms with Gasteiger partial charge in [0.2, 0.25) is 0 Å². The van der Waals surface area contributed by atoms with Gasteiger partial charge in [-0.3, -0.25) is 0 Å². The van der Waals surface area contributed by atoms with E-state index in [4.69, 9.17) is 5.73 Å². The number of rotatable bonds is 2. The van der Waals surface area contributed by atoms with Gasteiger partial charge in [-0.1, -0.05) is 22.0 Å². The van der Waals surface area contributed by atoms with Gasteiger partial charge in [0.05, 0.1) is 23.9 Å². The van der Waals surface area contributed by atoms with Crippen molar-refractivity contribution in [3.63, 3.8) is 0 Å². The fraction of sp³-hybridized carbons (Fsp3) is 0.250. The first kappa shape index (κ1) is 11.4. The van der Waals surface area contributed by atoms with Crippen molar-refractivity contribution in [2.24, 2.45) is 5.73 Å². The molecule has 4 heteroatoms. The van der Waals surface area contributed by atoms with E-state index in [0.29, 0.717) is 0 Å². The summed E-state index contributed by atoms with van der Waals surface area (Å²) in [5, 5.41) is 0. The van der Waals surface area contributed by atoms with Gasteiger partial charge in [-0.15, -0.1) is 0 Å². The van der Waals surface area contributed by atoms with Crippen LogP contribution in [-0.2, 0) is 0 Å². The molecule has 1 heterocycles. The van der Waals surface area contributed by atoms with E-state index in [2.05, 4.69) is 40.0 Å². The van der Waals surface area contributed by atoms with Crippen molar-refractivity contribution in [1.82, 2.24) is 9.55 Å². The van der Waals surface area contributed by atoms with Crippen molar-refractivity contribution in [3.8, 4) is 5.69 Å². The summed E-state index contributed by atoms with van der Waals surface area (Å²) in [6, 6.07) is 6.15. The third-order valence-corrected chi connectivity index (χ3v) is 3.06. The predicted octanol–water partition coefficient (Wildman–Crippen LogP) is 2.96. The van der Waals surface area contributed by atoms with E-state index in [9.17, 15) is 0 Å². The lowest BCUT2D eigenvalue weighted by atomic mass is 10.2. The molecule has 1 aromatic carbocycles. The van der Waals surface area contributed by atoms with Gasteiger partial charge >= 0.3 is 0 Å². The number of nitrogens with zero attached hydrogens (tertiary/aromatic N) is 2. The Bertz CT molecular complexity index is 503. The Balaban J connectivity index is 2.58. The molecule has 84 valence electrons. The number of nitrogens with two attached hydrogens (primary N) is 1. The van der Waals surface area contributed by atoms with Crippen LogP contribution in [0.3, 0.4) is 0 Å². The standard InChI is InChI=1S/C12H14BrN3/c1-8-3-4-10(13)5-11(8)16-7-15-6-12(16)9(2)14/h3-7,9H,14H2,1-2H3/t9-/m0/s1. The monoisotopic (exact) mass is 279 g/mol. The maximum absolute atomic E-state index is 5.91. The van der Waals surface area contributed by atoms with Crippen LogP contribution in [-0.4, -0.2) is 9.55 Å². The van der Waals surface area contributed by atoms with E-state index in [1.807, 2.05) is 23.8 Å². The quantitative estimate of drug-likeness (QED) is 0.919. The van der Waals surface area contributed by atoms with E-state index in [1.165, 1.54) is 5.56 Å². The predicted molar refractivity (Wildman–Crippen MR) is 68.6 cm³/mol. The normalized spacial score (nSPS) is 12.8. The zero-order valence-electron chi connectivity index (χ0n) is 9.31. The van der Waals surface area contributed by atoms with E-state index < -0.39 is 0 Å². The van der Waals surface area contributed by atoms with Gasteiger partial charge in [0.1, 0.15) is 0 Å². The van der Waals surface area contributed by atoms with E-state index in [1.54, 1.807) is 6.33 Å². The molecular weight excluding hydrogens is 266 g/mol. The molecule has 0 fully saturated rings. The molecule has 0 saturated heterocycles. The molecule has 0 aliphatic carbocycles. The van der Waals surface area contributed by atoms with Crippen molar-refractivity contribution in [2.75, 3.05) is 0 Å². The summed E-state index contributed by atoms with van der Waals surface area (Å²) in [5.74, 6) is 0. The molecule has 1 atom stereocenters. The van der Waals surface area contributed by atoms with Crippen molar-refractivity contribution < 1.29 is 0 Å². The molecule has 2 N–H and O–H groups in total. The minimum atomic E-state index is -0.0270. The lowest BCUT2D eigenvalue weighted by Crippen LogP contribution is -2.11. The number of halogens is 1. The molecular formula is C12H14BrN3. The van der Waals surface area contributed by atoms with Crippen LogP contribution < -0.4 is 5.73 Å². The highest BCUT2D eigenvalue weighted by atomic mass is 79.9. The second kappa shape index (κ2) is 4.39. The number of aryl methyl sites for hydroxylation is 1. The Labute approximate surface area is 103 Å². The van der Waals surface area contributed by atoms with E-state index >= 15 is 0 Å². The zero-order chi connectivity index (χ0) is 11.7. The van der Waals surface area contributed by atoms with Crippen LogP contribution in [0.2, 0.25) is 0 Å². The number of benzene rings is 1. The lowest BCUT2D eigenvalue weighted by Gasteiger charge is -2.13. The Morgan fingerprint density at radius 3 is 2.88 bits per heavy atom. The molecule has 0 saturated carbocycles. The SMILES string of the molecule is Cc1ccc(Br)cc1-n1cncc1[C@H](C)N. The zero-order valence-corrected chi connectivity index (χ0v) is 10.9. The van der Waals surface area contributed by atoms with Crippen LogP contribution in [0.4, 0.5) is 0 Å². The molecule has 2 aromatic rings. The first-order valence-electron chi connectivity index (χ1n) is 5.14. The largest absolute Gasteiger partial charge is 0.323 e. The molecule has 0 aliphatic heterocycles. The van der Waals surface area contributed by atoms with Crippen LogP contribution in [0.1, 0.15) is 24.2 Å². The van der Waals surface area contributed by atoms with Crippen LogP contribution >= 0.6 is 15.9 Å². The molecule has 0 spiro atoms. The van der Waals surface area contributed by atoms with E-state index in [0.717, 1.165) is 15.9 Å². The highest BCUT2D eigenvalue weighted by Crippen LogP contribution is 2.22. The lowest BCUT2D eigenvalue weighted by molar-refractivity contribution is 0.751. The number of imidazole rings is 1. The first-order valence-corrected chi connectivity index (χ1v) is 5.93. The molecule has 0 amide bonds. The van der Waals surface area contributed by atoms with Gasteiger partial charge in [0.15, 0.2) is 0 Å². The second-order valence-corrected chi connectivity index (χ2v) is 4.82. The van der Waals surface area contributed by atoms with Crippen LogP contribution in [0.25, 0.3) is 5.69 Å². The molecule has 0 unspecified atom stereocenters. The molecule has 0 aliphatic rings. The summed E-state index contributed by atoms with van der Waals surface area (Å²) < 4.78 is 3.09. The highest BCUT2D eigenvalue weighted by Gasteiger charge is 2.10. The fourth-order valence-corrected chi connectivity index (χ4v) is 2.03. The van der Waals surface area contributed by atoms with Crippen molar-refractivity contribution in [2.45, 2.75) is 19.9 Å². The van der Waals surface area contributed by atoms with Crippen molar-refractivity contribution >= 4 is 15.9 Å². The van der Waals surface area contributed by atoms with Gasteiger partial charge in [-0.05, 0) is 31.5 Å². The molecule has 0 radical (unpaired) electrons. The average Bonchev–Trinajstić information content (AvgIpc) is 2.70. The Kier molecular flexibility index (Phi) is 3.12. The molecule has 16 heavy (non-hydrogen) atoms. The van der Waals surface area contributed by atoms with Crippen molar-refractivity contribution in [3.05, 3.63) is 46.5 Å². The highest BCUT2D eigenvalue weighted by molar-refractivity contribution is 9.10. The third kappa shape index (κ3) is 2.03. The summed E-state index contributed by atoms with van der Waals surface area (Å²) in [6.45, 7) is 4.04. The average molecular weight is 280 g/mol. The van der Waals surface area contributed by atoms with Gasteiger partial charge in [0.25, 0.3) is 0 Å². The molecule has 1 aromatic heterocycles. The molecule has 0 bridgehead atoms. The summed E-state index contributed by atoms with van der Waals surface area (Å²) in [5.41, 5.74) is 9.23. The fourth-order valence-electron chi connectivity index (χ4n) is 1.69. The van der Waals surface area contributed by atoms with Crippen molar-refractivity contribution in [1.29, 1.82) is 0 Å². The second-order valence-electron chi connectivity index (χ2n) is 3.91. The number of hydrogen-bond donors (Lipinski definition) is 1. The first-order chi connectivity index (χ1) is 7.59. The smallest absolute Gasteiger partial charge is 0.0994 e.